The molecule has 0 atom stereocenters. The summed E-state index contributed by atoms with van der Waals surface area (Å²) in [4.78, 5) is 15.8. The SMILES string of the molecule is COCC1CCN(C(=O)CN=[N+]=[N-])CC1. The zero-order valence-corrected chi connectivity index (χ0v) is 8.93. The zero-order valence-electron chi connectivity index (χ0n) is 8.93. The molecule has 84 valence electrons. The average molecular weight is 212 g/mol. The highest BCUT2D eigenvalue weighted by molar-refractivity contribution is 5.78. The van der Waals surface area contributed by atoms with Crippen molar-refractivity contribution in [3.8, 4) is 0 Å². The molecule has 1 saturated heterocycles. The number of azide groups is 1. The number of carbonyl (C=O) groups excluding carboxylic acids is 1. The molecule has 0 unspecified atom stereocenters. The van der Waals surface area contributed by atoms with Crippen LogP contribution >= 0.6 is 0 Å². The van der Waals surface area contributed by atoms with E-state index >= 15 is 0 Å². The number of ether oxygens (including phenoxy) is 1. The summed E-state index contributed by atoms with van der Waals surface area (Å²) in [5.41, 5.74) is 8.10. The highest BCUT2D eigenvalue weighted by Crippen LogP contribution is 2.17. The molecule has 0 aromatic rings. The van der Waals surface area contributed by atoms with Crippen molar-refractivity contribution in [3.63, 3.8) is 0 Å². The first-order chi connectivity index (χ1) is 7.27. The van der Waals surface area contributed by atoms with Gasteiger partial charge >= 0.3 is 0 Å². The molecule has 0 aromatic heterocycles. The standard InChI is InChI=1S/C9H16N4O2/c1-15-7-8-2-4-13(5-3-8)9(14)6-11-12-10/h8H,2-7H2,1H3. The van der Waals surface area contributed by atoms with Gasteiger partial charge in [0.05, 0.1) is 0 Å². The lowest BCUT2D eigenvalue weighted by Gasteiger charge is -2.31. The van der Waals surface area contributed by atoms with Crippen molar-refractivity contribution >= 4 is 5.91 Å². The Morgan fingerprint density at radius 2 is 2.27 bits per heavy atom. The van der Waals surface area contributed by atoms with Gasteiger partial charge in [-0.05, 0) is 24.3 Å². The van der Waals surface area contributed by atoms with E-state index in [2.05, 4.69) is 10.0 Å². The van der Waals surface area contributed by atoms with Gasteiger partial charge < -0.3 is 9.64 Å². The maximum absolute atomic E-state index is 11.5. The van der Waals surface area contributed by atoms with E-state index in [-0.39, 0.29) is 12.5 Å². The molecule has 0 N–H and O–H groups in total. The van der Waals surface area contributed by atoms with E-state index in [0.29, 0.717) is 5.92 Å². The topological polar surface area (TPSA) is 78.3 Å². The van der Waals surface area contributed by atoms with Crippen LogP contribution in [-0.4, -0.2) is 44.2 Å². The normalized spacial score (nSPS) is 17.3. The molecule has 6 heteroatoms. The van der Waals surface area contributed by atoms with E-state index < -0.39 is 0 Å². The molecule has 15 heavy (non-hydrogen) atoms. The Morgan fingerprint density at radius 1 is 1.60 bits per heavy atom. The molecular weight excluding hydrogens is 196 g/mol. The fourth-order valence-electron chi connectivity index (χ4n) is 1.78. The van der Waals surface area contributed by atoms with E-state index in [4.69, 9.17) is 10.3 Å². The van der Waals surface area contributed by atoms with Crippen LogP contribution in [0.5, 0.6) is 0 Å². The molecule has 6 nitrogen and oxygen atoms in total. The van der Waals surface area contributed by atoms with Crippen molar-refractivity contribution < 1.29 is 9.53 Å². The van der Waals surface area contributed by atoms with Gasteiger partial charge in [-0.25, -0.2) is 0 Å². The Balaban J connectivity index is 2.30. The lowest BCUT2D eigenvalue weighted by atomic mass is 9.98. The van der Waals surface area contributed by atoms with Gasteiger partial charge in [-0.3, -0.25) is 4.79 Å². The van der Waals surface area contributed by atoms with Gasteiger partial charge in [0.15, 0.2) is 0 Å². The van der Waals surface area contributed by atoms with Crippen LogP contribution in [0.15, 0.2) is 5.11 Å². The largest absolute Gasteiger partial charge is 0.384 e. The van der Waals surface area contributed by atoms with Gasteiger partial charge in [0.1, 0.15) is 6.54 Å². The maximum Gasteiger partial charge on any atom is 0.228 e. The van der Waals surface area contributed by atoms with Crippen LogP contribution in [-0.2, 0) is 9.53 Å². The van der Waals surface area contributed by atoms with Crippen LogP contribution in [0.3, 0.4) is 0 Å². The first kappa shape index (κ1) is 11.8. The van der Waals surface area contributed by atoms with Gasteiger partial charge in [0.25, 0.3) is 0 Å². The minimum absolute atomic E-state index is 0.0640. The lowest BCUT2D eigenvalue weighted by Crippen LogP contribution is -2.40. The molecule has 0 aromatic carbocycles. The Kier molecular flexibility index (Phi) is 4.93. The quantitative estimate of drug-likeness (QED) is 0.398. The van der Waals surface area contributed by atoms with Crippen LogP contribution < -0.4 is 0 Å². The fraction of sp³-hybridized carbons (Fsp3) is 0.889. The third-order valence-electron chi connectivity index (χ3n) is 2.64. The van der Waals surface area contributed by atoms with Crippen molar-refractivity contribution in [1.82, 2.24) is 4.90 Å². The van der Waals surface area contributed by atoms with E-state index in [0.717, 1.165) is 32.5 Å². The van der Waals surface area contributed by atoms with Crippen LogP contribution in [0.25, 0.3) is 10.4 Å². The summed E-state index contributed by atoms with van der Waals surface area (Å²) in [5, 5.41) is 3.27. The Hall–Kier alpha value is -1.26. The summed E-state index contributed by atoms with van der Waals surface area (Å²) in [6, 6.07) is 0. The Labute approximate surface area is 88.8 Å². The van der Waals surface area contributed by atoms with Gasteiger partial charge in [-0.1, -0.05) is 5.11 Å². The Morgan fingerprint density at radius 3 is 2.80 bits per heavy atom. The highest BCUT2D eigenvalue weighted by Gasteiger charge is 2.21. The van der Waals surface area contributed by atoms with Crippen LogP contribution in [0.2, 0.25) is 0 Å². The number of rotatable bonds is 4. The van der Waals surface area contributed by atoms with Gasteiger partial charge in [-0.2, -0.15) is 0 Å². The summed E-state index contributed by atoms with van der Waals surface area (Å²) in [5.74, 6) is 0.474. The van der Waals surface area contributed by atoms with Crippen molar-refractivity contribution in [2.45, 2.75) is 12.8 Å². The highest BCUT2D eigenvalue weighted by atomic mass is 16.5. The average Bonchev–Trinajstić information content (AvgIpc) is 2.27. The third-order valence-corrected chi connectivity index (χ3v) is 2.64. The van der Waals surface area contributed by atoms with Gasteiger partial charge in [0, 0.05) is 31.7 Å². The monoisotopic (exact) mass is 212 g/mol. The summed E-state index contributed by atoms with van der Waals surface area (Å²) in [7, 11) is 1.69. The summed E-state index contributed by atoms with van der Waals surface area (Å²) < 4.78 is 5.07. The maximum atomic E-state index is 11.5. The fourth-order valence-corrected chi connectivity index (χ4v) is 1.78. The second-order valence-corrected chi connectivity index (χ2v) is 3.67. The number of hydrogen-bond acceptors (Lipinski definition) is 3. The van der Waals surface area contributed by atoms with E-state index in [9.17, 15) is 4.79 Å². The lowest BCUT2D eigenvalue weighted by molar-refractivity contribution is -0.131. The van der Waals surface area contributed by atoms with Crippen molar-refractivity contribution in [2.24, 2.45) is 11.0 Å². The zero-order chi connectivity index (χ0) is 11.1. The number of methoxy groups -OCH3 is 1. The van der Waals surface area contributed by atoms with Crippen LogP contribution in [0, 0.1) is 5.92 Å². The first-order valence-electron chi connectivity index (χ1n) is 5.05. The minimum atomic E-state index is -0.0799. The van der Waals surface area contributed by atoms with E-state index in [1.807, 2.05) is 0 Å². The molecule has 0 radical (unpaired) electrons. The molecule has 0 spiro atoms. The predicted molar refractivity (Wildman–Crippen MR) is 55.2 cm³/mol. The molecule has 1 rings (SSSR count). The number of amides is 1. The van der Waals surface area contributed by atoms with Crippen molar-refractivity contribution in [2.75, 3.05) is 33.4 Å². The van der Waals surface area contributed by atoms with Crippen molar-refractivity contribution in [3.05, 3.63) is 10.4 Å². The van der Waals surface area contributed by atoms with E-state index in [1.165, 1.54) is 0 Å². The van der Waals surface area contributed by atoms with Gasteiger partial charge in [0.2, 0.25) is 5.91 Å². The Bertz CT molecular complexity index is 255. The van der Waals surface area contributed by atoms with Crippen LogP contribution in [0.4, 0.5) is 0 Å². The molecule has 0 bridgehead atoms. The molecule has 0 saturated carbocycles. The molecular formula is C9H16N4O2. The minimum Gasteiger partial charge on any atom is -0.384 e. The smallest absolute Gasteiger partial charge is 0.228 e. The summed E-state index contributed by atoms with van der Waals surface area (Å²) >= 11 is 0. The predicted octanol–water partition coefficient (Wildman–Crippen LogP) is 1.18. The second kappa shape index (κ2) is 6.27. The number of piperidine rings is 1. The molecule has 1 fully saturated rings. The molecule has 1 aliphatic heterocycles. The number of likely N-dealkylation sites (tertiary alicyclic amines) is 1. The number of hydrogen-bond donors (Lipinski definition) is 0. The third kappa shape index (κ3) is 3.77. The molecule has 0 aliphatic carbocycles. The first-order valence-corrected chi connectivity index (χ1v) is 5.05. The summed E-state index contributed by atoms with van der Waals surface area (Å²) in [6.45, 7) is 2.19. The molecule has 1 amide bonds. The summed E-state index contributed by atoms with van der Waals surface area (Å²) in [6.07, 6.45) is 1.94. The van der Waals surface area contributed by atoms with Crippen LogP contribution in [0.1, 0.15) is 12.8 Å². The van der Waals surface area contributed by atoms with Crippen molar-refractivity contribution in [1.29, 1.82) is 0 Å². The molecule has 1 heterocycles. The number of carbonyl (C=O) groups is 1. The van der Waals surface area contributed by atoms with Gasteiger partial charge in [-0.15, -0.1) is 0 Å². The van der Waals surface area contributed by atoms with E-state index in [1.54, 1.807) is 12.0 Å². The number of nitrogens with zero attached hydrogens (tertiary/aromatic N) is 4. The second-order valence-electron chi connectivity index (χ2n) is 3.67. The molecule has 1 aliphatic rings.